The highest BCUT2D eigenvalue weighted by Crippen LogP contribution is 2.36. The molecule has 28 heavy (non-hydrogen) atoms. The maximum absolute atomic E-state index is 12.0. The number of hydrogen-bond acceptors (Lipinski definition) is 6. The molecular weight excluding hydrogens is 387 g/mol. The van der Waals surface area contributed by atoms with Gasteiger partial charge in [-0.2, -0.15) is 0 Å². The Morgan fingerprint density at radius 3 is 2.29 bits per heavy atom. The van der Waals surface area contributed by atoms with Gasteiger partial charge in [-0.1, -0.05) is 26.7 Å². The van der Waals surface area contributed by atoms with Gasteiger partial charge in [0.15, 0.2) is 0 Å². The molecule has 0 aliphatic rings. The summed E-state index contributed by atoms with van der Waals surface area (Å²) in [6.07, 6.45) is 4.06. The Hall–Kier alpha value is -0.990. The zero-order valence-electron chi connectivity index (χ0n) is 17.7. The van der Waals surface area contributed by atoms with Crippen LogP contribution in [0.4, 0.5) is 4.79 Å². The van der Waals surface area contributed by atoms with Crippen molar-refractivity contribution in [2.45, 2.75) is 71.9 Å². The van der Waals surface area contributed by atoms with Gasteiger partial charge in [-0.05, 0) is 39.5 Å². The van der Waals surface area contributed by atoms with E-state index in [0.29, 0.717) is 18.8 Å². The van der Waals surface area contributed by atoms with Crippen molar-refractivity contribution in [3.8, 4) is 0 Å². The molecule has 0 spiro atoms. The van der Waals surface area contributed by atoms with Crippen molar-refractivity contribution in [2.24, 2.45) is 5.92 Å². The molecule has 1 amide bonds. The lowest BCUT2D eigenvalue weighted by Gasteiger charge is -2.21. The number of aldehydes is 1. The number of alkyl carbamates (subject to hydrolysis) is 1. The number of carbonyl (C=O) groups excluding carboxylic acids is 2. The van der Waals surface area contributed by atoms with Gasteiger partial charge in [-0.25, -0.2) is 14.4 Å². The normalized spacial score (nSPS) is 15.1. The fraction of sp³-hybridized carbons (Fsp3) is 0.889. The second-order valence-corrected chi connectivity index (χ2v) is 9.19. The summed E-state index contributed by atoms with van der Waals surface area (Å²) in [4.78, 5) is 32.4. The first-order chi connectivity index (χ1) is 13.0. The topological polar surface area (TPSA) is 123 Å². The number of carbonyl (C=O) groups is 2. The molecule has 0 aromatic carbocycles. The van der Waals surface area contributed by atoms with Gasteiger partial charge in [0.05, 0.1) is 19.3 Å². The van der Waals surface area contributed by atoms with Crippen LogP contribution < -0.4 is 10.4 Å². The van der Waals surface area contributed by atoms with Gasteiger partial charge >= 0.3 is 13.8 Å². The minimum absolute atomic E-state index is 0.0148. The largest absolute Gasteiger partial charge is 0.444 e. The second-order valence-electron chi connectivity index (χ2n) is 7.63. The summed E-state index contributed by atoms with van der Waals surface area (Å²) in [5.74, 6) is 0.415. The van der Waals surface area contributed by atoms with Gasteiger partial charge in [0.25, 0.3) is 0 Å². The monoisotopic (exact) mass is 424 g/mol. The molecular formula is C18H37N2O7P. The molecule has 0 aromatic heterocycles. The van der Waals surface area contributed by atoms with Crippen LogP contribution >= 0.6 is 7.75 Å². The third-order valence-electron chi connectivity index (χ3n) is 3.57. The van der Waals surface area contributed by atoms with Crippen LogP contribution in [0.2, 0.25) is 0 Å². The molecule has 0 saturated carbocycles. The van der Waals surface area contributed by atoms with E-state index in [1.165, 1.54) is 0 Å². The Morgan fingerprint density at radius 1 is 1.18 bits per heavy atom. The summed E-state index contributed by atoms with van der Waals surface area (Å²) in [6, 6.07) is -0.960. The fourth-order valence-corrected chi connectivity index (χ4v) is 3.45. The first kappa shape index (κ1) is 27.0. The van der Waals surface area contributed by atoms with E-state index < -0.39 is 25.5 Å². The quantitative estimate of drug-likeness (QED) is 0.208. The molecule has 0 bridgehead atoms. The first-order valence-electron chi connectivity index (χ1n) is 9.78. The van der Waals surface area contributed by atoms with Crippen molar-refractivity contribution in [3.05, 3.63) is 0 Å². The molecule has 0 fully saturated rings. The van der Waals surface area contributed by atoms with E-state index in [9.17, 15) is 19.0 Å². The molecule has 9 nitrogen and oxygen atoms in total. The number of hydrogen-bond donors (Lipinski definition) is 3. The Bertz CT molecular complexity index is 491. The third-order valence-corrected chi connectivity index (χ3v) is 4.77. The van der Waals surface area contributed by atoms with E-state index in [-0.39, 0.29) is 19.8 Å². The number of ether oxygens (including phenoxy) is 2. The number of nitrogens with one attached hydrogen (secondary N) is 2. The Balaban J connectivity index is 4.21. The zero-order valence-corrected chi connectivity index (χ0v) is 18.6. The van der Waals surface area contributed by atoms with E-state index in [1.54, 1.807) is 20.8 Å². The molecule has 0 rings (SSSR count). The van der Waals surface area contributed by atoms with Crippen LogP contribution in [0, 0.1) is 5.92 Å². The molecule has 0 saturated heterocycles. The molecule has 10 heteroatoms. The van der Waals surface area contributed by atoms with Crippen LogP contribution in [0.15, 0.2) is 0 Å². The van der Waals surface area contributed by atoms with E-state index in [0.717, 1.165) is 25.7 Å². The highest BCUT2D eigenvalue weighted by Gasteiger charge is 2.25. The van der Waals surface area contributed by atoms with Crippen LogP contribution in [-0.4, -0.2) is 55.3 Å². The zero-order chi connectivity index (χ0) is 21.6. The summed E-state index contributed by atoms with van der Waals surface area (Å²) in [7, 11) is -4.21. The molecule has 1 unspecified atom stereocenters. The van der Waals surface area contributed by atoms with Crippen LogP contribution in [0.5, 0.6) is 0 Å². The van der Waals surface area contributed by atoms with Crippen molar-refractivity contribution >= 4 is 20.1 Å². The molecule has 0 aliphatic heterocycles. The average molecular weight is 424 g/mol. The van der Waals surface area contributed by atoms with Gasteiger partial charge in [0, 0.05) is 13.2 Å². The van der Waals surface area contributed by atoms with Crippen molar-refractivity contribution in [1.29, 1.82) is 0 Å². The number of amides is 1. The molecule has 0 aromatic rings. The minimum atomic E-state index is -4.21. The lowest BCUT2D eigenvalue weighted by atomic mass is 9.99. The van der Waals surface area contributed by atoms with Crippen molar-refractivity contribution in [3.63, 3.8) is 0 Å². The van der Waals surface area contributed by atoms with Crippen molar-refractivity contribution in [1.82, 2.24) is 10.4 Å². The van der Waals surface area contributed by atoms with Gasteiger partial charge in [0.1, 0.15) is 11.9 Å². The summed E-state index contributed by atoms with van der Waals surface area (Å²) < 4.78 is 27.5. The molecule has 0 aliphatic carbocycles. The fourth-order valence-electron chi connectivity index (χ4n) is 2.48. The Morgan fingerprint density at radius 2 is 1.79 bits per heavy atom. The van der Waals surface area contributed by atoms with E-state index in [1.807, 2.05) is 0 Å². The lowest BCUT2D eigenvalue weighted by molar-refractivity contribution is -0.110. The number of rotatable bonds is 15. The van der Waals surface area contributed by atoms with Crippen LogP contribution in [0.1, 0.15) is 60.3 Å². The van der Waals surface area contributed by atoms with Gasteiger partial charge < -0.3 is 24.5 Å². The SMILES string of the molecule is CCCC(CCC)COC[C@@H](C=O)NP(=O)(O)OCCNC(=O)OC(C)(C)C. The maximum Gasteiger partial charge on any atom is 0.407 e. The van der Waals surface area contributed by atoms with Gasteiger partial charge in [0.2, 0.25) is 0 Å². The molecule has 2 atom stereocenters. The molecule has 0 heterocycles. The van der Waals surface area contributed by atoms with E-state index in [4.69, 9.17) is 14.0 Å². The van der Waals surface area contributed by atoms with Gasteiger partial charge in [-0.15, -0.1) is 0 Å². The molecule has 166 valence electrons. The van der Waals surface area contributed by atoms with Crippen LogP contribution in [0.3, 0.4) is 0 Å². The highest BCUT2D eigenvalue weighted by molar-refractivity contribution is 7.50. The first-order valence-corrected chi connectivity index (χ1v) is 11.4. The highest BCUT2D eigenvalue weighted by atomic mass is 31.2. The smallest absolute Gasteiger partial charge is 0.407 e. The van der Waals surface area contributed by atoms with Gasteiger partial charge in [-0.3, -0.25) is 4.52 Å². The van der Waals surface area contributed by atoms with Crippen LogP contribution in [-0.2, 0) is 23.4 Å². The standard InChI is InChI=1S/C18H37N2O7P/c1-6-8-15(9-7-2)13-25-14-16(12-21)20-28(23,24)26-11-10-19-17(22)27-18(3,4)5/h12,15-16H,6-11,13-14H2,1-5H3,(H,19,22)(H2,20,23,24)/t16-/m1/s1. The predicted molar refractivity (Wildman–Crippen MR) is 107 cm³/mol. The van der Waals surface area contributed by atoms with E-state index >= 15 is 0 Å². The summed E-state index contributed by atoms with van der Waals surface area (Å²) in [5, 5.41) is 4.67. The van der Waals surface area contributed by atoms with Crippen LogP contribution in [0.25, 0.3) is 0 Å². The Kier molecular flexibility index (Phi) is 13.6. The average Bonchev–Trinajstić information content (AvgIpc) is 2.56. The Labute approximate surface area is 168 Å². The summed E-state index contributed by atoms with van der Waals surface area (Å²) in [5.41, 5.74) is -0.636. The minimum Gasteiger partial charge on any atom is -0.444 e. The van der Waals surface area contributed by atoms with E-state index in [2.05, 4.69) is 24.3 Å². The van der Waals surface area contributed by atoms with Crippen molar-refractivity contribution < 1.29 is 33.0 Å². The predicted octanol–water partition coefficient (Wildman–Crippen LogP) is 3.02. The van der Waals surface area contributed by atoms with Crippen molar-refractivity contribution in [2.75, 3.05) is 26.4 Å². The summed E-state index contributed by atoms with van der Waals surface area (Å²) >= 11 is 0. The lowest BCUT2D eigenvalue weighted by Crippen LogP contribution is -2.36. The second kappa shape index (κ2) is 14.1. The molecule has 0 radical (unpaired) electrons. The molecule has 3 N–H and O–H groups in total. The summed E-state index contributed by atoms with van der Waals surface area (Å²) in [6.45, 7) is 9.64. The maximum atomic E-state index is 12.0. The third kappa shape index (κ3) is 15.0.